The van der Waals surface area contributed by atoms with Crippen LogP contribution in [0.15, 0.2) is 194 Å². The molecule has 0 amide bonds. The lowest BCUT2D eigenvalue weighted by molar-refractivity contribution is 0.229. The Morgan fingerprint density at radius 2 is 1.43 bits per heavy atom. The topological polar surface area (TPSA) is 33.7 Å². The van der Waals surface area contributed by atoms with Crippen molar-refractivity contribution in [2.45, 2.75) is 12.0 Å². The summed E-state index contributed by atoms with van der Waals surface area (Å²) in [4.78, 5) is 2.32. The number of hydrogen-bond acceptors (Lipinski definition) is 4. The highest BCUT2D eigenvalue weighted by Gasteiger charge is 2.31. The van der Waals surface area contributed by atoms with E-state index in [1.807, 2.05) is 18.2 Å². The fraction of sp³-hybridized carbons (Fsp3) is 0.0638. The molecule has 1 aliphatic carbocycles. The van der Waals surface area contributed by atoms with Gasteiger partial charge in [0, 0.05) is 51.7 Å². The van der Waals surface area contributed by atoms with E-state index in [2.05, 4.69) is 175 Å². The van der Waals surface area contributed by atoms with E-state index in [1.165, 1.54) is 0 Å². The number of hydrogen-bond donors (Lipinski definition) is 1. The Hall–Kier alpha value is -6.52. The van der Waals surface area contributed by atoms with Crippen LogP contribution in [-0.2, 0) is 0 Å². The molecule has 0 saturated carbocycles. The van der Waals surface area contributed by atoms with Gasteiger partial charge in [-0.3, -0.25) is 0 Å². The maximum absolute atomic E-state index is 7.06. The van der Waals surface area contributed by atoms with Crippen LogP contribution in [0, 0.1) is 0 Å². The first-order valence-electron chi connectivity index (χ1n) is 17.4. The summed E-state index contributed by atoms with van der Waals surface area (Å²) in [6.45, 7) is 5.19. The fourth-order valence-electron chi connectivity index (χ4n) is 7.34. The van der Waals surface area contributed by atoms with E-state index in [0.29, 0.717) is 0 Å². The second-order valence-corrected chi connectivity index (χ2v) is 13.0. The quantitative estimate of drug-likeness (QED) is 0.209. The molecule has 4 aliphatic rings. The number of nitrogens with one attached hydrogen (secondary N) is 1. The normalized spacial score (nSPS) is 20.4. The van der Waals surface area contributed by atoms with E-state index in [1.54, 1.807) is 0 Å². The molecule has 3 heterocycles. The zero-order chi connectivity index (χ0) is 34.1. The first-order chi connectivity index (χ1) is 25.2. The van der Waals surface area contributed by atoms with Crippen LogP contribution in [0.5, 0.6) is 17.2 Å². The lowest BCUT2D eigenvalue weighted by Gasteiger charge is -2.33. The van der Waals surface area contributed by atoms with Crippen LogP contribution in [0.25, 0.3) is 22.4 Å². The van der Waals surface area contributed by atoms with E-state index in [9.17, 15) is 0 Å². The molecular formula is C47H36N2O2. The molecular weight excluding hydrogens is 625 g/mol. The summed E-state index contributed by atoms with van der Waals surface area (Å²) in [6, 6.07) is 42.1. The number of benzene rings is 5. The highest BCUT2D eigenvalue weighted by Crippen LogP contribution is 2.47. The largest absolute Gasteiger partial charge is 0.485 e. The van der Waals surface area contributed by atoms with Crippen LogP contribution in [-0.4, -0.2) is 12.6 Å². The molecule has 3 aliphatic heterocycles. The van der Waals surface area contributed by atoms with Crippen LogP contribution in [0.2, 0.25) is 0 Å². The van der Waals surface area contributed by atoms with E-state index in [-0.39, 0.29) is 12.0 Å². The Labute approximate surface area is 299 Å². The summed E-state index contributed by atoms with van der Waals surface area (Å²) < 4.78 is 14.1. The number of nitrogens with zero attached hydrogens (tertiary/aromatic N) is 1. The second kappa shape index (κ2) is 13.1. The van der Waals surface area contributed by atoms with Gasteiger partial charge < -0.3 is 19.7 Å². The highest BCUT2D eigenvalue weighted by atomic mass is 16.5. The van der Waals surface area contributed by atoms with Gasteiger partial charge in [-0.15, -0.1) is 0 Å². The third-order valence-electron chi connectivity index (χ3n) is 9.81. The molecule has 2 atom stereocenters. The monoisotopic (exact) mass is 660 g/mol. The van der Waals surface area contributed by atoms with Gasteiger partial charge in [0.2, 0.25) is 0 Å². The summed E-state index contributed by atoms with van der Waals surface area (Å²) in [5.74, 6) is 2.29. The molecule has 1 N–H and O–H groups in total. The number of anilines is 2. The molecule has 0 radical (unpaired) electrons. The maximum Gasteiger partial charge on any atom is 0.135 e. The standard InChI is InChI=1S/C47H36N2O2/c1-32-14-13-22-42(49(35-15-3-2-4-16-35)43-21-8-5-17-36(32)43)34-26-28-40-39-27-25-33(41-20-11-12-29-48-41)30-46(39)50-44-23-9-6-18-37(44)38-19-7-10-24-45(38)51-47(40)31-34/h2-28,30-31,39,46,48H,1,29H2/b14-13-,42-22-. The van der Waals surface area contributed by atoms with Crippen molar-refractivity contribution in [3.8, 4) is 28.4 Å². The van der Waals surface area contributed by atoms with Gasteiger partial charge in [-0.05, 0) is 65.8 Å². The molecule has 246 valence electrons. The summed E-state index contributed by atoms with van der Waals surface area (Å²) in [5.41, 5.74) is 11.4. The van der Waals surface area contributed by atoms with Crippen molar-refractivity contribution < 1.29 is 9.47 Å². The molecule has 5 aromatic carbocycles. The van der Waals surface area contributed by atoms with Gasteiger partial charge in [-0.2, -0.15) is 0 Å². The van der Waals surface area contributed by atoms with Gasteiger partial charge in [0.1, 0.15) is 23.4 Å². The minimum atomic E-state index is -0.277. The molecule has 0 bridgehead atoms. The number of allylic oxidation sites excluding steroid dienone is 7. The van der Waals surface area contributed by atoms with Crippen molar-refractivity contribution in [3.05, 3.63) is 211 Å². The number of para-hydroxylation sites is 4. The first kappa shape index (κ1) is 30.5. The van der Waals surface area contributed by atoms with Crippen LogP contribution >= 0.6 is 0 Å². The van der Waals surface area contributed by atoms with Crippen LogP contribution in [0.3, 0.4) is 0 Å². The molecule has 4 heteroatoms. The van der Waals surface area contributed by atoms with Gasteiger partial charge in [0.25, 0.3) is 0 Å². The Morgan fingerprint density at radius 3 is 2.25 bits per heavy atom. The second-order valence-electron chi connectivity index (χ2n) is 13.0. The number of rotatable bonds is 3. The van der Waals surface area contributed by atoms with Crippen LogP contribution in [0.4, 0.5) is 11.4 Å². The average molecular weight is 661 g/mol. The van der Waals surface area contributed by atoms with Gasteiger partial charge >= 0.3 is 0 Å². The molecule has 0 saturated heterocycles. The molecule has 2 unspecified atom stereocenters. The summed E-state index contributed by atoms with van der Waals surface area (Å²) >= 11 is 0. The Morgan fingerprint density at radius 1 is 0.686 bits per heavy atom. The minimum Gasteiger partial charge on any atom is -0.485 e. The molecule has 5 aromatic rings. The average Bonchev–Trinajstić information content (AvgIpc) is 3.18. The van der Waals surface area contributed by atoms with Crippen molar-refractivity contribution in [2.75, 3.05) is 11.4 Å². The van der Waals surface area contributed by atoms with E-state index in [0.717, 1.165) is 85.5 Å². The SMILES string of the molecule is C=C1/C=C\C=C(\c2ccc3c(c2)Oc2ccccc2-c2ccccc2OC2C=C(C4=CC=CCN4)C=CC32)N(c2ccccc2)c2ccccc21. The summed E-state index contributed by atoms with van der Waals surface area (Å²) in [7, 11) is 0. The third kappa shape index (κ3) is 5.71. The lowest BCUT2D eigenvalue weighted by atomic mass is 9.85. The van der Waals surface area contributed by atoms with E-state index < -0.39 is 0 Å². The van der Waals surface area contributed by atoms with Crippen LogP contribution in [0.1, 0.15) is 22.6 Å². The number of ether oxygens (including phenoxy) is 2. The molecule has 51 heavy (non-hydrogen) atoms. The fourth-order valence-corrected chi connectivity index (χ4v) is 7.34. The maximum atomic E-state index is 7.06. The molecule has 9 rings (SSSR count). The molecule has 0 aromatic heterocycles. The van der Waals surface area contributed by atoms with Gasteiger partial charge in [0.15, 0.2) is 0 Å². The van der Waals surface area contributed by atoms with Gasteiger partial charge in [-0.1, -0.05) is 128 Å². The van der Waals surface area contributed by atoms with Crippen LogP contribution < -0.4 is 19.7 Å². The summed E-state index contributed by atoms with van der Waals surface area (Å²) in [5, 5.41) is 3.52. The van der Waals surface area contributed by atoms with Crippen molar-refractivity contribution >= 4 is 22.6 Å². The zero-order valence-corrected chi connectivity index (χ0v) is 28.1. The van der Waals surface area contributed by atoms with Gasteiger partial charge in [0.05, 0.1) is 11.4 Å². The minimum absolute atomic E-state index is 0.101. The molecule has 4 nitrogen and oxygen atoms in total. The van der Waals surface area contributed by atoms with E-state index in [4.69, 9.17) is 9.47 Å². The number of fused-ring (bicyclic) bond motifs is 7. The predicted octanol–water partition coefficient (Wildman–Crippen LogP) is 11.3. The third-order valence-corrected chi connectivity index (χ3v) is 9.81. The van der Waals surface area contributed by atoms with Crippen molar-refractivity contribution in [1.82, 2.24) is 5.32 Å². The Kier molecular flexibility index (Phi) is 7.82. The van der Waals surface area contributed by atoms with Gasteiger partial charge in [-0.25, -0.2) is 0 Å². The highest BCUT2D eigenvalue weighted by molar-refractivity contribution is 5.95. The van der Waals surface area contributed by atoms with Crippen molar-refractivity contribution in [2.24, 2.45) is 0 Å². The smallest absolute Gasteiger partial charge is 0.135 e. The molecule has 0 spiro atoms. The van der Waals surface area contributed by atoms with E-state index >= 15 is 0 Å². The van der Waals surface area contributed by atoms with Crippen molar-refractivity contribution in [1.29, 1.82) is 0 Å². The first-order valence-corrected chi connectivity index (χ1v) is 17.4. The summed E-state index contributed by atoms with van der Waals surface area (Å²) in [6.07, 6.45) is 19.1. The lowest BCUT2D eigenvalue weighted by Crippen LogP contribution is -2.27. The molecule has 0 fully saturated rings. The Bertz CT molecular complexity index is 2360. The number of dihydropyridines is 1. The predicted molar refractivity (Wildman–Crippen MR) is 209 cm³/mol. The van der Waals surface area contributed by atoms with Crippen molar-refractivity contribution in [3.63, 3.8) is 0 Å². The zero-order valence-electron chi connectivity index (χ0n) is 28.1. The Balaban J connectivity index is 1.23.